The molecule has 0 aliphatic rings. The Morgan fingerprint density at radius 2 is 2.00 bits per heavy atom. The molecule has 2 aromatic rings. The van der Waals surface area contributed by atoms with Crippen molar-refractivity contribution in [3.05, 3.63) is 65.5 Å². The molecule has 0 unspecified atom stereocenters. The Hall–Kier alpha value is -2.40. The molecule has 0 saturated carbocycles. The Labute approximate surface area is 136 Å². The fourth-order valence-electron chi connectivity index (χ4n) is 2.31. The molecule has 2 rings (SSSR count). The van der Waals surface area contributed by atoms with E-state index in [9.17, 15) is 9.90 Å². The number of carbonyl (C=O) groups excluding carboxylic acids is 1. The summed E-state index contributed by atoms with van der Waals surface area (Å²) < 4.78 is 0. The number of aryl methyl sites for hydroxylation is 1. The lowest BCUT2D eigenvalue weighted by Crippen LogP contribution is -2.39. The van der Waals surface area contributed by atoms with E-state index in [-0.39, 0.29) is 18.7 Å². The zero-order chi connectivity index (χ0) is 16.5. The first kappa shape index (κ1) is 17.0. The summed E-state index contributed by atoms with van der Waals surface area (Å²) in [5, 5.41) is 14.9. The van der Waals surface area contributed by atoms with Crippen molar-refractivity contribution in [3.8, 4) is 0 Å². The van der Waals surface area contributed by atoms with E-state index >= 15 is 0 Å². The Bertz CT molecular complexity index is 599. The molecule has 23 heavy (non-hydrogen) atoms. The van der Waals surface area contributed by atoms with Crippen LogP contribution in [0.3, 0.4) is 0 Å². The maximum atomic E-state index is 12.0. The number of carbonyl (C=O) groups is 1. The molecular weight excluding hydrogens is 290 g/mol. The van der Waals surface area contributed by atoms with Crippen LogP contribution in [0.2, 0.25) is 0 Å². The second-order valence-electron chi connectivity index (χ2n) is 5.43. The number of aliphatic hydroxyl groups excluding tert-OH is 1. The second-order valence-corrected chi connectivity index (χ2v) is 5.43. The van der Waals surface area contributed by atoms with Gasteiger partial charge in [0.1, 0.15) is 0 Å². The highest BCUT2D eigenvalue weighted by Gasteiger charge is 2.13. The van der Waals surface area contributed by atoms with Gasteiger partial charge in [-0.1, -0.05) is 36.4 Å². The molecule has 5 heteroatoms. The monoisotopic (exact) mass is 313 g/mol. The fraction of sp³-hybridized carbons (Fsp3) is 0.333. The summed E-state index contributed by atoms with van der Waals surface area (Å²) in [6.07, 6.45) is 3.05. The molecule has 0 fully saturated rings. The Kier molecular flexibility index (Phi) is 6.56. The van der Waals surface area contributed by atoms with Crippen molar-refractivity contribution in [1.29, 1.82) is 0 Å². The van der Waals surface area contributed by atoms with Crippen molar-refractivity contribution in [2.45, 2.75) is 25.8 Å². The third-order valence-electron chi connectivity index (χ3n) is 3.60. The van der Waals surface area contributed by atoms with Crippen LogP contribution in [0.15, 0.2) is 48.7 Å². The molecule has 0 aliphatic carbocycles. The molecule has 2 amide bonds. The van der Waals surface area contributed by atoms with Gasteiger partial charge < -0.3 is 15.7 Å². The molecule has 5 nitrogen and oxygen atoms in total. The van der Waals surface area contributed by atoms with Crippen molar-refractivity contribution < 1.29 is 9.90 Å². The first-order valence-electron chi connectivity index (χ1n) is 7.80. The average Bonchev–Trinajstić information content (AvgIpc) is 2.57. The van der Waals surface area contributed by atoms with Crippen LogP contribution in [0.25, 0.3) is 0 Å². The third kappa shape index (κ3) is 5.71. The number of rotatable bonds is 7. The molecule has 122 valence electrons. The van der Waals surface area contributed by atoms with E-state index in [0.29, 0.717) is 13.0 Å². The largest absolute Gasteiger partial charge is 0.396 e. The van der Waals surface area contributed by atoms with E-state index in [1.807, 2.05) is 55.6 Å². The number of nitrogens with zero attached hydrogens (tertiary/aromatic N) is 1. The van der Waals surface area contributed by atoms with Crippen molar-refractivity contribution in [2.75, 3.05) is 13.2 Å². The van der Waals surface area contributed by atoms with Gasteiger partial charge in [0.2, 0.25) is 0 Å². The smallest absolute Gasteiger partial charge is 0.315 e. The van der Waals surface area contributed by atoms with Crippen LogP contribution in [0.5, 0.6) is 0 Å². The van der Waals surface area contributed by atoms with Crippen molar-refractivity contribution in [3.63, 3.8) is 0 Å². The molecule has 0 saturated heterocycles. The average molecular weight is 313 g/mol. The highest BCUT2D eigenvalue weighted by molar-refractivity contribution is 5.74. The fourth-order valence-corrected chi connectivity index (χ4v) is 2.31. The van der Waals surface area contributed by atoms with E-state index in [1.165, 1.54) is 0 Å². The molecule has 0 radical (unpaired) electrons. The normalized spacial score (nSPS) is 11.7. The van der Waals surface area contributed by atoms with Crippen molar-refractivity contribution >= 4 is 6.03 Å². The number of nitrogens with one attached hydrogen (secondary N) is 2. The summed E-state index contributed by atoms with van der Waals surface area (Å²) in [5.74, 6) is 0. The zero-order valence-corrected chi connectivity index (χ0v) is 13.3. The first-order valence-corrected chi connectivity index (χ1v) is 7.80. The minimum absolute atomic E-state index is 0.0227. The van der Waals surface area contributed by atoms with Gasteiger partial charge >= 0.3 is 6.03 Å². The second kappa shape index (κ2) is 8.90. The molecule has 1 aromatic heterocycles. The van der Waals surface area contributed by atoms with Gasteiger partial charge in [0.05, 0.1) is 6.04 Å². The van der Waals surface area contributed by atoms with E-state index in [0.717, 1.165) is 23.2 Å². The Balaban J connectivity index is 1.81. The lowest BCUT2D eigenvalue weighted by atomic mass is 10.0. The molecule has 1 heterocycles. The summed E-state index contributed by atoms with van der Waals surface area (Å²) >= 11 is 0. The highest BCUT2D eigenvalue weighted by atomic mass is 16.3. The topological polar surface area (TPSA) is 74.2 Å². The number of hydrogen-bond donors (Lipinski definition) is 3. The van der Waals surface area contributed by atoms with E-state index in [1.54, 1.807) is 0 Å². The van der Waals surface area contributed by atoms with E-state index in [4.69, 9.17) is 0 Å². The van der Waals surface area contributed by atoms with Gasteiger partial charge in [0.15, 0.2) is 0 Å². The van der Waals surface area contributed by atoms with Crippen LogP contribution in [-0.4, -0.2) is 29.3 Å². The minimum Gasteiger partial charge on any atom is -0.396 e. The predicted octanol–water partition coefficient (Wildman–Crippen LogP) is 2.36. The summed E-state index contributed by atoms with van der Waals surface area (Å²) in [6.45, 7) is 2.51. The van der Waals surface area contributed by atoms with Gasteiger partial charge in [0, 0.05) is 25.0 Å². The van der Waals surface area contributed by atoms with Crippen LogP contribution < -0.4 is 10.6 Å². The predicted molar refractivity (Wildman–Crippen MR) is 90.1 cm³/mol. The maximum absolute atomic E-state index is 12.0. The summed E-state index contributed by atoms with van der Waals surface area (Å²) in [4.78, 5) is 16.3. The number of aliphatic hydroxyl groups is 1. The minimum atomic E-state index is -0.229. The Morgan fingerprint density at radius 3 is 2.65 bits per heavy atom. The van der Waals surface area contributed by atoms with Crippen molar-refractivity contribution in [2.24, 2.45) is 0 Å². The van der Waals surface area contributed by atoms with Gasteiger partial charge in [-0.2, -0.15) is 0 Å². The number of pyridine rings is 1. The molecule has 0 bridgehead atoms. The summed E-state index contributed by atoms with van der Waals surface area (Å²) in [6, 6.07) is 13.2. The number of urea groups is 1. The van der Waals surface area contributed by atoms with Crippen LogP contribution in [-0.2, 0) is 6.42 Å². The Morgan fingerprint density at radius 1 is 1.22 bits per heavy atom. The standard InChI is InChI=1S/C18H23N3O2/c1-14-7-8-15(13-20-14)9-11-19-18(23)21-17(10-12-22)16-5-3-2-4-6-16/h2-8,13,17,22H,9-12H2,1H3,(H2,19,21,23)/t17-/m1/s1. The van der Waals surface area contributed by atoms with Gasteiger partial charge in [-0.05, 0) is 37.0 Å². The summed E-state index contributed by atoms with van der Waals surface area (Å²) in [5.41, 5.74) is 3.06. The number of aromatic nitrogens is 1. The zero-order valence-electron chi connectivity index (χ0n) is 13.3. The number of hydrogen-bond acceptors (Lipinski definition) is 3. The van der Waals surface area contributed by atoms with Gasteiger partial charge in [-0.25, -0.2) is 4.79 Å². The number of amides is 2. The van der Waals surface area contributed by atoms with Crippen LogP contribution in [0.1, 0.15) is 29.3 Å². The molecule has 0 spiro atoms. The highest BCUT2D eigenvalue weighted by Crippen LogP contribution is 2.15. The number of benzene rings is 1. The molecular formula is C18H23N3O2. The molecule has 3 N–H and O–H groups in total. The van der Waals surface area contributed by atoms with E-state index < -0.39 is 0 Å². The van der Waals surface area contributed by atoms with Crippen LogP contribution >= 0.6 is 0 Å². The van der Waals surface area contributed by atoms with Crippen LogP contribution in [0, 0.1) is 6.92 Å². The van der Waals surface area contributed by atoms with Gasteiger partial charge in [-0.3, -0.25) is 4.98 Å². The first-order chi connectivity index (χ1) is 11.2. The van der Waals surface area contributed by atoms with Crippen molar-refractivity contribution in [1.82, 2.24) is 15.6 Å². The van der Waals surface area contributed by atoms with Gasteiger partial charge in [-0.15, -0.1) is 0 Å². The third-order valence-corrected chi connectivity index (χ3v) is 3.60. The quantitative estimate of drug-likeness (QED) is 0.734. The molecule has 1 aromatic carbocycles. The van der Waals surface area contributed by atoms with Gasteiger partial charge in [0.25, 0.3) is 0 Å². The van der Waals surface area contributed by atoms with E-state index in [2.05, 4.69) is 15.6 Å². The maximum Gasteiger partial charge on any atom is 0.315 e. The molecule has 0 aliphatic heterocycles. The van der Waals surface area contributed by atoms with Crippen LogP contribution in [0.4, 0.5) is 4.79 Å². The summed E-state index contributed by atoms with van der Waals surface area (Å²) in [7, 11) is 0. The lowest BCUT2D eigenvalue weighted by Gasteiger charge is -2.18. The lowest BCUT2D eigenvalue weighted by molar-refractivity contribution is 0.229. The molecule has 1 atom stereocenters. The SMILES string of the molecule is Cc1ccc(CCNC(=O)N[C@H](CCO)c2ccccc2)cn1.